The molecule has 0 fully saturated rings. The van der Waals surface area contributed by atoms with Crippen molar-refractivity contribution in [3.8, 4) is 0 Å². The molecule has 0 unspecified atom stereocenters. The molecule has 3 nitrogen and oxygen atoms in total. The van der Waals surface area contributed by atoms with E-state index in [0.717, 1.165) is 23.2 Å². The Hall–Kier alpha value is -2.88. The van der Waals surface area contributed by atoms with Gasteiger partial charge in [0, 0.05) is 29.2 Å². The van der Waals surface area contributed by atoms with Crippen molar-refractivity contribution in [2.24, 2.45) is 0 Å². The Kier molecular flexibility index (Phi) is 5.21. The molecule has 3 rings (SSSR count). The van der Waals surface area contributed by atoms with Gasteiger partial charge >= 0.3 is 0 Å². The van der Waals surface area contributed by atoms with E-state index in [1.807, 2.05) is 12.1 Å². The van der Waals surface area contributed by atoms with Gasteiger partial charge in [-0.05, 0) is 73.7 Å². The van der Waals surface area contributed by atoms with Crippen LogP contribution in [0, 0.1) is 26.6 Å². The Morgan fingerprint density at radius 3 is 2.58 bits per heavy atom. The first-order chi connectivity index (χ1) is 12.5. The van der Waals surface area contributed by atoms with Crippen molar-refractivity contribution < 1.29 is 9.18 Å². The lowest BCUT2D eigenvalue weighted by atomic mass is 10.1. The number of fused-ring (bicyclic) bond motifs is 1. The zero-order valence-corrected chi connectivity index (χ0v) is 15.3. The SMILES string of the molecule is Cc1cc(/C=C/C(=O)NCCc2c(C)[nH]c3ccccc23)cc(C)c1F. The Balaban J connectivity index is 1.60. The van der Waals surface area contributed by atoms with E-state index < -0.39 is 0 Å². The molecule has 4 heteroatoms. The maximum atomic E-state index is 13.6. The maximum absolute atomic E-state index is 13.6. The molecule has 3 aromatic rings. The third kappa shape index (κ3) is 3.85. The summed E-state index contributed by atoms with van der Waals surface area (Å²) in [6, 6.07) is 11.7. The molecule has 0 aliphatic heterocycles. The molecule has 0 aliphatic carbocycles. The molecule has 0 spiro atoms. The highest BCUT2D eigenvalue weighted by Crippen LogP contribution is 2.22. The van der Waals surface area contributed by atoms with E-state index >= 15 is 0 Å². The Morgan fingerprint density at radius 2 is 1.85 bits per heavy atom. The third-order valence-corrected chi connectivity index (χ3v) is 4.59. The quantitative estimate of drug-likeness (QED) is 0.649. The number of amides is 1. The van der Waals surface area contributed by atoms with Crippen molar-refractivity contribution in [1.29, 1.82) is 0 Å². The van der Waals surface area contributed by atoms with E-state index in [4.69, 9.17) is 0 Å². The summed E-state index contributed by atoms with van der Waals surface area (Å²) in [5.74, 6) is -0.345. The van der Waals surface area contributed by atoms with Crippen LogP contribution in [0.5, 0.6) is 0 Å². The molecule has 1 amide bonds. The molecule has 0 saturated carbocycles. The lowest BCUT2D eigenvalue weighted by Gasteiger charge is -2.04. The number of aromatic nitrogens is 1. The molecule has 26 heavy (non-hydrogen) atoms. The number of hydrogen-bond donors (Lipinski definition) is 2. The summed E-state index contributed by atoms with van der Waals surface area (Å²) in [7, 11) is 0. The summed E-state index contributed by atoms with van der Waals surface area (Å²) in [4.78, 5) is 15.4. The topological polar surface area (TPSA) is 44.9 Å². The van der Waals surface area contributed by atoms with Crippen LogP contribution in [0.4, 0.5) is 4.39 Å². The predicted molar refractivity (Wildman–Crippen MR) is 105 cm³/mol. The van der Waals surface area contributed by atoms with E-state index in [2.05, 4.69) is 29.4 Å². The number of hydrogen-bond acceptors (Lipinski definition) is 1. The minimum Gasteiger partial charge on any atom is -0.358 e. The van der Waals surface area contributed by atoms with Gasteiger partial charge in [-0.15, -0.1) is 0 Å². The van der Waals surface area contributed by atoms with E-state index in [1.54, 1.807) is 32.1 Å². The van der Waals surface area contributed by atoms with E-state index in [-0.39, 0.29) is 11.7 Å². The Bertz CT molecular complexity index is 962. The standard InChI is InChI=1S/C22H23FN2O/c1-14-12-17(13-15(2)22(14)23)8-9-21(26)24-11-10-18-16(3)25-20-7-5-4-6-19(18)20/h4-9,12-13,25H,10-11H2,1-3H3,(H,24,26)/b9-8+. The number of nitrogens with one attached hydrogen (secondary N) is 2. The van der Waals surface area contributed by atoms with E-state index in [0.29, 0.717) is 17.7 Å². The fourth-order valence-electron chi connectivity index (χ4n) is 3.27. The van der Waals surface area contributed by atoms with Crippen LogP contribution in [0.25, 0.3) is 17.0 Å². The molecule has 0 radical (unpaired) electrons. The van der Waals surface area contributed by atoms with Crippen LogP contribution in [0.3, 0.4) is 0 Å². The number of rotatable bonds is 5. The number of para-hydroxylation sites is 1. The Morgan fingerprint density at radius 1 is 1.15 bits per heavy atom. The number of halogens is 1. The molecule has 2 N–H and O–H groups in total. The third-order valence-electron chi connectivity index (χ3n) is 4.59. The summed E-state index contributed by atoms with van der Waals surface area (Å²) in [6.45, 7) is 6.07. The van der Waals surface area contributed by atoms with Crippen LogP contribution in [0.1, 0.15) is 27.9 Å². The summed E-state index contributed by atoms with van der Waals surface area (Å²) in [6.07, 6.45) is 3.98. The maximum Gasteiger partial charge on any atom is 0.244 e. The van der Waals surface area contributed by atoms with Gasteiger partial charge in [-0.3, -0.25) is 4.79 Å². The molecular weight excluding hydrogens is 327 g/mol. The molecular formula is C22H23FN2O. The summed E-state index contributed by atoms with van der Waals surface area (Å²) >= 11 is 0. The van der Waals surface area contributed by atoms with Crippen LogP contribution in [0.2, 0.25) is 0 Å². The second-order valence-corrected chi connectivity index (χ2v) is 6.62. The minimum absolute atomic E-state index is 0.151. The number of benzene rings is 2. The van der Waals surface area contributed by atoms with Crippen molar-refractivity contribution in [3.05, 3.63) is 76.2 Å². The van der Waals surface area contributed by atoms with Gasteiger partial charge in [0.25, 0.3) is 0 Å². The van der Waals surface area contributed by atoms with Gasteiger partial charge in [0.2, 0.25) is 5.91 Å². The second-order valence-electron chi connectivity index (χ2n) is 6.62. The number of carbonyl (C=O) groups is 1. The lowest BCUT2D eigenvalue weighted by molar-refractivity contribution is -0.116. The molecule has 134 valence electrons. The number of aryl methyl sites for hydroxylation is 3. The van der Waals surface area contributed by atoms with Gasteiger partial charge in [-0.1, -0.05) is 18.2 Å². The van der Waals surface area contributed by atoms with Crippen molar-refractivity contribution in [2.45, 2.75) is 27.2 Å². The van der Waals surface area contributed by atoms with Crippen molar-refractivity contribution in [1.82, 2.24) is 10.3 Å². The van der Waals surface area contributed by atoms with E-state index in [9.17, 15) is 9.18 Å². The zero-order valence-electron chi connectivity index (χ0n) is 15.3. The number of carbonyl (C=O) groups excluding carboxylic acids is 1. The second kappa shape index (κ2) is 7.56. The first-order valence-corrected chi connectivity index (χ1v) is 8.74. The summed E-state index contributed by atoms with van der Waals surface area (Å²) in [5, 5.41) is 4.11. The number of H-pyrrole nitrogens is 1. The van der Waals surface area contributed by atoms with Crippen LogP contribution in [-0.4, -0.2) is 17.4 Å². The van der Waals surface area contributed by atoms with Gasteiger partial charge in [-0.2, -0.15) is 0 Å². The monoisotopic (exact) mass is 350 g/mol. The van der Waals surface area contributed by atoms with Gasteiger partial charge < -0.3 is 10.3 Å². The van der Waals surface area contributed by atoms with Crippen molar-refractivity contribution in [3.63, 3.8) is 0 Å². The Labute approximate surface area is 152 Å². The molecule has 0 saturated heterocycles. The summed E-state index contributed by atoms with van der Waals surface area (Å²) < 4.78 is 13.6. The average Bonchev–Trinajstić information content (AvgIpc) is 2.93. The fraction of sp³-hybridized carbons (Fsp3) is 0.227. The van der Waals surface area contributed by atoms with E-state index in [1.165, 1.54) is 17.0 Å². The minimum atomic E-state index is -0.194. The highest BCUT2D eigenvalue weighted by molar-refractivity contribution is 5.91. The van der Waals surface area contributed by atoms with Crippen LogP contribution >= 0.6 is 0 Å². The highest BCUT2D eigenvalue weighted by atomic mass is 19.1. The molecule has 0 atom stereocenters. The highest BCUT2D eigenvalue weighted by Gasteiger charge is 2.08. The van der Waals surface area contributed by atoms with Crippen molar-refractivity contribution >= 4 is 22.9 Å². The van der Waals surface area contributed by atoms with Gasteiger partial charge in [0.15, 0.2) is 0 Å². The lowest BCUT2D eigenvalue weighted by Crippen LogP contribution is -2.23. The normalized spacial score (nSPS) is 11.4. The molecule has 0 aliphatic rings. The zero-order chi connectivity index (χ0) is 18.7. The summed E-state index contributed by atoms with van der Waals surface area (Å²) in [5.41, 5.74) is 5.47. The van der Waals surface area contributed by atoms with Gasteiger partial charge in [0.05, 0.1) is 0 Å². The van der Waals surface area contributed by atoms with Gasteiger partial charge in [-0.25, -0.2) is 4.39 Å². The first kappa shape index (κ1) is 17.9. The largest absolute Gasteiger partial charge is 0.358 e. The van der Waals surface area contributed by atoms with Crippen LogP contribution < -0.4 is 5.32 Å². The smallest absolute Gasteiger partial charge is 0.244 e. The van der Waals surface area contributed by atoms with Crippen LogP contribution in [-0.2, 0) is 11.2 Å². The number of aromatic amines is 1. The molecule has 2 aromatic carbocycles. The first-order valence-electron chi connectivity index (χ1n) is 8.74. The molecule has 1 aromatic heterocycles. The fourth-order valence-corrected chi connectivity index (χ4v) is 3.27. The average molecular weight is 350 g/mol. The predicted octanol–water partition coefficient (Wildman–Crippen LogP) is 4.60. The van der Waals surface area contributed by atoms with Crippen LogP contribution in [0.15, 0.2) is 42.5 Å². The molecule has 1 heterocycles. The van der Waals surface area contributed by atoms with Crippen molar-refractivity contribution in [2.75, 3.05) is 6.54 Å². The van der Waals surface area contributed by atoms with Gasteiger partial charge in [0.1, 0.15) is 5.82 Å². The molecule has 0 bridgehead atoms.